The Morgan fingerprint density at radius 2 is 1.69 bits per heavy atom. The third-order valence-corrected chi connectivity index (χ3v) is 4.22. The van der Waals surface area contributed by atoms with Crippen LogP contribution in [0.2, 0.25) is 0 Å². The van der Waals surface area contributed by atoms with Gasteiger partial charge in [0.15, 0.2) is 6.54 Å². The number of hydrogen-bond donors (Lipinski definition) is 2. The van der Waals surface area contributed by atoms with E-state index in [0.717, 1.165) is 22.6 Å². The molecule has 2 rings (SSSR count). The van der Waals surface area contributed by atoms with Gasteiger partial charge in [0.2, 0.25) is 0 Å². The lowest BCUT2D eigenvalue weighted by Gasteiger charge is -2.16. The average Bonchev–Trinajstić information content (AvgIpc) is 2.60. The number of likely N-dealkylation sites (N-methyl/N-ethyl adjacent to an activating group) is 1. The van der Waals surface area contributed by atoms with Gasteiger partial charge in [-0.2, -0.15) is 13.2 Å². The van der Waals surface area contributed by atoms with Crippen molar-refractivity contribution >= 4 is 5.91 Å². The van der Waals surface area contributed by atoms with Crippen LogP contribution in [0, 0.1) is 0 Å². The molecule has 1 unspecified atom stereocenters. The fraction of sp³-hybridized carbons (Fsp3) is 0.350. The van der Waals surface area contributed by atoms with Gasteiger partial charge in [-0.05, 0) is 23.6 Å². The summed E-state index contributed by atoms with van der Waals surface area (Å²) in [6.45, 7) is 3.35. The molecule has 2 N–H and O–H groups in total. The van der Waals surface area contributed by atoms with E-state index in [4.69, 9.17) is 0 Å². The summed E-state index contributed by atoms with van der Waals surface area (Å²) in [4.78, 5) is 13.0. The predicted molar refractivity (Wildman–Crippen MR) is 94.8 cm³/mol. The summed E-state index contributed by atoms with van der Waals surface area (Å²) >= 11 is 0. The van der Waals surface area contributed by atoms with E-state index in [-0.39, 0.29) is 18.4 Å². The molecule has 0 radical (unpaired) electrons. The number of alkyl halides is 3. The number of carbonyl (C=O) groups is 1. The van der Waals surface area contributed by atoms with E-state index in [0.29, 0.717) is 13.1 Å². The van der Waals surface area contributed by atoms with Crippen molar-refractivity contribution in [3.05, 3.63) is 71.3 Å². The van der Waals surface area contributed by atoms with Crippen molar-refractivity contribution in [1.82, 2.24) is 5.32 Å². The first-order chi connectivity index (χ1) is 12.3. The van der Waals surface area contributed by atoms with Crippen molar-refractivity contribution in [3.8, 4) is 0 Å². The molecule has 6 heteroatoms. The average molecular weight is 365 g/mol. The van der Waals surface area contributed by atoms with Crippen LogP contribution in [0.25, 0.3) is 0 Å². The SMILES string of the molecule is C[C@@H](CNC(=O)C[NH+](C)Cc1ccc(C(F)(F)F)cc1)c1ccccc1. The van der Waals surface area contributed by atoms with Gasteiger partial charge in [0, 0.05) is 12.1 Å². The van der Waals surface area contributed by atoms with Gasteiger partial charge >= 0.3 is 6.18 Å². The molecule has 1 amide bonds. The van der Waals surface area contributed by atoms with E-state index in [1.807, 2.05) is 44.3 Å². The van der Waals surface area contributed by atoms with Gasteiger partial charge in [0.25, 0.3) is 5.91 Å². The van der Waals surface area contributed by atoms with E-state index in [2.05, 4.69) is 5.32 Å². The topological polar surface area (TPSA) is 33.5 Å². The van der Waals surface area contributed by atoms with E-state index in [1.165, 1.54) is 17.7 Å². The number of rotatable bonds is 7. The molecule has 0 heterocycles. The summed E-state index contributed by atoms with van der Waals surface area (Å²) in [7, 11) is 1.85. The van der Waals surface area contributed by atoms with Crippen molar-refractivity contribution in [3.63, 3.8) is 0 Å². The van der Waals surface area contributed by atoms with E-state index in [1.54, 1.807) is 0 Å². The minimum absolute atomic E-state index is 0.0720. The lowest BCUT2D eigenvalue weighted by atomic mass is 10.0. The van der Waals surface area contributed by atoms with Gasteiger partial charge in [0.05, 0.1) is 12.6 Å². The Balaban J connectivity index is 1.78. The van der Waals surface area contributed by atoms with Gasteiger partial charge in [0.1, 0.15) is 6.54 Å². The quantitative estimate of drug-likeness (QED) is 0.777. The van der Waals surface area contributed by atoms with Gasteiger partial charge < -0.3 is 10.2 Å². The van der Waals surface area contributed by atoms with E-state index < -0.39 is 11.7 Å². The smallest absolute Gasteiger partial charge is 0.351 e. The largest absolute Gasteiger partial charge is 0.416 e. The summed E-state index contributed by atoms with van der Waals surface area (Å²) in [5.41, 5.74) is 1.27. The Morgan fingerprint density at radius 1 is 1.08 bits per heavy atom. The Bertz CT molecular complexity index is 699. The maximum Gasteiger partial charge on any atom is 0.416 e. The van der Waals surface area contributed by atoms with Crippen LogP contribution >= 0.6 is 0 Å². The lowest BCUT2D eigenvalue weighted by Crippen LogP contribution is -3.08. The van der Waals surface area contributed by atoms with Crippen molar-refractivity contribution in [2.45, 2.75) is 25.6 Å². The molecule has 0 saturated carbocycles. The number of amides is 1. The molecule has 0 saturated heterocycles. The standard InChI is InChI=1S/C20H23F3N2O/c1-15(17-6-4-3-5-7-17)12-24-19(26)14-25(2)13-16-8-10-18(11-9-16)20(21,22)23/h3-11,15H,12-14H2,1-2H3,(H,24,26)/p+1/t15-/m0/s1. The summed E-state index contributed by atoms with van der Waals surface area (Å²) in [5, 5.41) is 2.92. The Labute approximate surface area is 151 Å². The highest BCUT2D eigenvalue weighted by molar-refractivity contribution is 5.76. The van der Waals surface area contributed by atoms with Gasteiger partial charge in [-0.25, -0.2) is 0 Å². The molecule has 3 nitrogen and oxygen atoms in total. The fourth-order valence-corrected chi connectivity index (χ4v) is 2.73. The second-order valence-corrected chi connectivity index (χ2v) is 6.62. The highest BCUT2D eigenvalue weighted by atomic mass is 19.4. The molecule has 0 bridgehead atoms. The first kappa shape index (κ1) is 20.0. The number of benzene rings is 2. The monoisotopic (exact) mass is 365 g/mol. The van der Waals surface area contributed by atoms with Crippen LogP contribution in [0.5, 0.6) is 0 Å². The molecule has 0 aromatic heterocycles. The zero-order valence-corrected chi connectivity index (χ0v) is 14.9. The molecule has 0 aliphatic carbocycles. The van der Waals surface area contributed by atoms with E-state index >= 15 is 0 Å². The van der Waals surface area contributed by atoms with Crippen LogP contribution in [0.3, 0.4) is 0 Å². The third kappa shape index (κ3) is 6.19. The normalized spacial score (nSPS) is 13.9. The van der Waals surface area contributed by atoms with Crippen molar-refractivity contribution < 1.29 is 22.9 Å². The molecule has 26 heavy (non-hydrogen) atoms. The maximum atomic E-state index is 12.6. The van der Waals surface area contributed by atoms with Crippen LogP contribution in [0.15, 0.2) is 54.6 Å². The molecule has 2 aromatic carbocycles. The molecule has 0 spiro atoms. The zero-order valence-electron chi connectivity index (χ0n) is 14.9. The van der Waals surface area contributed by atoms with Gasteiger partial charge in [-0.3, -0.25) is 4.79 Å². The summed E-state index contributed by atoms with van der Waals surface area (Å²) < 4.78 is 37.7. The maximum absolute atomic E-state index is 12.6. The molecule has 0 fully saturated rings. The highest BCUT2D eigenvalue weighted by Crippen LogP contribution is 2.28. The minimum Gasteiger partial charge on any atom is -0.351 e. The van der Waals surface area contributed by atoms with Gasteiger partial charge in [-0.1, -0.05) is 49.4 Å². The fourth-order valence-electron chi connectivity index (χ4n) is 2.73. The van der Waals surface area contributed by atoms with Crippen LogP contribution in [0.4, 0.5) is 13.2 Å². The second kappa shape index (κ2) is 8.85. The molecule has 0 aliphatic heterocycles. The predicted octanol–water partition coefficient (Wildman–Crippen LogP) is 2.64. The highest BCUT2D eigenvalue weighted by Gasteiger charge is 2.30. The Morgan fingerprint density at radius 3 is 2.27 bits per heavy atom. The Kier molecular flexibility index (Phi) is 6.80. The zero-order chi connectivity index (χ0) is 19.2. The van der Waals surface area contributed by atoms with Crippen molar-refractivity contribution in [2.24, 2.45) is 0 Å². The summed E-state index contributed by atoms with van der Waals surface area (Å²) in [5.74, 6) is 0.146. The minimum atomic E-state index is -4.33. The number of hydrogen-bond acceptors (Lipinski definition) is 1. The summed E-state index contributed by atoms with van der Waals surface area (Å²) in [6, 6.07) is 15.0. The molecule has 0 aliphatic rings. The second-order valence-electron chi connectivity index (χ2n) is 6.62. The molecule has 2 aromatic rings. The van der Waals surface area contributed by atoms with Crippen LogP contribution in [-0.4, -0.2) is 26.0 Å². The van der Waals surface area contributed by atoms with Crippen molar-refractivity contribution in [1.29, 1.82) is 0 Å². The Hall–Kier alpha value is -2.34. The van der Waals surface area contributed by atoms with Crippen LogP contribution in [-0.2, 0) is 17.5 Å². The van der Waals surface area contributed by atoms with Crippen LogP contribution in [0.1, 0.15) is 29.5 Å². The number of halogens is 3. The first-order valence-corrected chi connectivity index (χ1v) is 8.55. The first-order valence-electron chi connectivity index (χ1n) is 8.55. The lowest BCUT2D eigenvalue weighted by molar-refractivity contribution is -0.885. The molecule has 140 valence electrons. The number of quaternary nitrogens is 1. The number of nitrogens with one attached hydrogen (secondary N) is 2. The molecular formula is C20H24F3N2O+. The third-order valence-electron chi connectivity index (χ3n) is 4.22. The number of carbonyl (C=O) groups excluding carboxylic acids is 1. The molecule has 2 atom stereocenters. The molecular weight excluding hydrogens is 341 g/mol. The van der Waals surface area contributed by atoms with E-state index in [9.17, 15) is 18.0 Å². The summed E-state index contributed by atoms with van der Waals surface area (Å²) in [6.07, 6.45) is -4.33. The van der Waals surface area contributed by atoms with Crippen molar-refractivity contribution in [2.75, 3.05) is 20.1 Å². The van der Waals surface area contributed by atoms with Gasteiger partial charge in [-0.15, -0.1) is 0 Å². The van der Waals surface area contributed by atoms with Crippen LogP contribution < -0.4 is 10.2 Å².